The summed E-state index contributed by atoms with van der Waals surface area (Å²) in [6, 6.07) is 4.35. The number of alkyl halides is 3. The van der Waals surface area contributed by atoms with Crippen LogP contribution in [0, 0.1) is 0 Å². The highest BCUT2D eigenvalue weighted by atomic mass is 19.4. The van der Waals surface area contributed by atoms with Gasteiger partial charge in [-0.1, -0.05) is 0 Å². The Labute approximate surface area is 118 Å². The Morgan fingerprint density at radius 3 is 2.71 bits per heavy atom. The lowest BCUT2D eigenvalue weighted by atomic mass is 10.1. The zero-order chi connectivity index (χ0) is 15.6. The summed E-state index contributed by atoms with van der Waals surface area (Å²) in [5.74, 6) is -1.88. The van der Waals surface area contributed by atoms with Crippen LogP contribution >= 0.6 is 0 Å². The third-order valence-corrected chi connectivity index (χ3v) is 2.98. The third kappa shape index (κ3) is 3.26. The van der Waals surface area contributed by atoms with Crippen molar-refractivity contribution in [3.8, 4) is 0 Å². The molecule has 0 atom stereocenters. The summed E-state index contributed by atoms with van der Waals surface area (Å²) in [5, 5.41) is 2.46. The van der Waals surface area contributed by atoms with Crippen molar-refractivity contribution in [3.63, 3.8) is 0 Å². The molecule has 2 amide bonds. The quantitative estimate of drug-likeness (QED) is 0.914. The lowest BCUT2D eigenvalue weighted by molar-refractivity contribution is -0.170. The van der Waals surface area contributed by atoms with Crippen LogP contribution in [0.15, 0.2) is 18.2 Å². The number of hydrogen-bond acceptors (Lipinski definition) is 3. The molecule has 0 fully saturated rings. The van der Waals surface area contributed by atoms with Crippen molar-refractivity contribution < 1.29 is 27.5 Å². The molecule has 114 valence electrons. The maximum absolute atomic E-state index is 12.5. The Kier molecular flexibility index (Phi) is 4.06. The smallest absolute Gasteiger partial charge is 0.450 e. The molecule has 8 heteroatoms. The van der Waals surface area contributed by atoms with Gasteiger partial charge in [-0.25, -0.2) is 4.79 Å². The monoisotopic (exact) mass is 302 g/mol. The molecule has 1 aliphatic rings. The Balaban J connectivity index is 2.17. The first-order chi connectivity index (χ1) is 9.82. The van der Waals surface area contributed by atoms with Gasteiger partial charge >= 0.3 is 18.2 Å². The van der Waals surface area contributed by atoms with E-state index in [-0.39, 0.29) is 18.8 Å². The average molecular weight is 302 g/mol. The maximum atomic E-state index is 12.5. The van der Waals surface area contributed by atoms with Crippen molar-refractivity contribution in [2.75, 3.05) is 23.4 Å². The number of benzene rings is 1. The normalized spacial score (nSPS) is 13.8. The molecule has 0 saturated heterocycles. The molecule has 1 aliphatic heterocycles. The van der Waals surface area contributed by atoms with E-state index in [0.717, 1.165) is 0 Å². The van der Waals surface area contributed by atoms with E-state index in [4.69, 9.17) is 4.74 Å². The minimum atomic E-state index is -4.90. The Morgan fingerprint density at radius 1 is 1.38 bits per heavy atom. The van der Waals surface area contributed by atoms with Gasteiger partial charge in [0.15, 0.2) is 0 Å². The van der Waals surface area contributed by atoms with Gasteiger partial charge in [-0.2, -0.15) is 13.2 Å². The van der Waals surface area contributed by atoms with Gasteiger partial charge in [0.1, 0.15) is 0 Å². The second-order valence-corrected chi connectivity index (χ2v) is 4.39. The van der Waals surface area contributed by atoms with E-state index in [2.05, 4.69) is 5.32 Å². The Bertz CT molecular complexity index is 572. The fourth-order valence-electron chi connectivity index (χ4n) is 2.13. The molecule has 0 radical (unpaired) electrons. The molecule has 0 bridgehead atoms. The predicted octanol–water partition coefficient (Wildman–Crippen LogP) is 2.71. The first-order valence-corrected chi connectivity index (χ1v) is 6.28. The second-order valence-electron chi connectivity index (χ2n) is 4.39. The van der Waals surface area contributed by atoms with Crippen molar-refractivity contribution in [2.45, 2.75) is 19.5 Å². The molecule has 0 aliphatic carbocycles. The van der Waals surface area contributed by atoms with Gasteiger partial charge < -0.3 is 9.64 Å². The summed E-state index contributed by atoms with van der Waals surface area (Å²) in [7, 11) is 0. The first-order valence-electron chi connectivity index (χ1n) is 6.28. The molecule has 1 aromatic carbocycles. The summed E-state index contributed by atoms with van der Waals surface area (Å²) >= 11 is 0. The Hall–Kier alpha value is -2.25. The topological polar surface area (TPSA) is 58.6 Å². The van der Waals surface area contributed by atoms with Crippen LogP contribution in [0.1, 0.15) is 12.5 Å². The first kappa shape index (κ1) is 15.1. The minimum Gasteiger partial charge on any atom is -0.450 e. The molecule has 0 saturated carbocycles. The van der Waals surface area contributed by atoms with Crippen LogP contribution in [-0.2, 0) is 16.0 Å². The van der Waals surface area contributed by atoms with E-state index >= 15 is 0 Å². The Morgan fingerprint density at radius 2 is 2.10 bits per heavy atom. The van der Waals surface area contributed by atoms with Gasteiger partial charge in [0.2, 0.25) is 0 Å². The van der Waals surface area contributed by atoms with Gasteiger partial charge in [0.05, 0.1) is 6.61 Å². The van der Waals surface area contributed by atoms with Gasteiger partial charge in [0.25, 0.3) is 0 Å². The van der Waals surface area contributed by atoms with Crippen LogP contribution in [0.25, 0.3) is 0 Å². The predicted molar refractivity (Wildman–Crippen MR) is 69.2 cm³/mol. The van der Waals surface area contributed by atoms with E-state index in [1.165, 1.54) is 18.2 Å². The number of anilines is 2. The van der Waals surface area contributed by atoms with E-state index in [1.807, 2.05) is 0 Å². The largest absolute Gasteiger partial charge is 0.471 e. The lowest BCUT2D eigenvalue weighted by Crippen LogP contribution is -2.40. The van der Waals surface area contributed by atoms with Crippen LogP contribution in [-0.4, -0.2) is 31.3 Å². The molecule has 1 N–H and O–H groups in total. The molecule has 0 spiro atoms. The molecule has 5 nitrogen and oxygen atoms in total. The van der Waals surface area contributed by atoms with Crippen LogP contribution in [0.5, 0.6) is 0 Å². The summed E-state index contributed by atoms with van der Waals surface area (Å²) in [5.41, 5.74) is 1.20. The van der Waals surface area contributed by atoms with Gasteiger partial charge in [-0.05, 0) is 37.1 Å². The fourth-order valence-corrected chi connectivity index (χ4v) is 2.13. The zero-order valence-electron chi connectivity index (χ0n) is 11.2. The number of amides is 2. The van der Waals surface area contributed by atoms with Crippen molar-refractivity contribution in [2.24, 2.45) is 0 Å². The number of carbonyl (C=O) groups is 2. The highest BCUT2D eigenvalue weighted by Crippen LogP contribution is 2.33. The standard InChI is InChI=1S/C13H13F3N2O3/c1-2-21-12(20)17-9-3-4-10-8(7-9)5-6-18(10)11(19)13(14,15)16/h3-4,7H,2,5-6H2,1H3,(H,17,20). The van der Waals surface area contributed by atoms with Crippen LogP contribution in [0.3, 0.4) is 0 Å². The number of carbonyl (C=O) groups excluding carboxylic acids is 2. The minimum absolute atomic E-state index is 0.0312. The van der Waals surface area contributed by atoms with E-state index in [9.17, 15) is 22.8 Å². The number of hydrogen-bond donors (Lipinski definition) is 1. The fraction of sp³-hybridized carbons (Fsp3) is 0.385. The maximum Gasteiger partial charge on any atom is 0.471 e. The molecular weight excluding hydrogens is 289 g/mol. The van der Waals surface area contributed by atoms with Gasteiger partial charge in [-0.15, -0.1) is 0 Å². The van der Waals surface area contributed by atoms with Crippen LogP contribution in [0.4, 0.5) is 29.3 Å². The third-order valence-electron chi connectivity index (χ3n) is 2.98. The lowest BCUT2D eigenvalue weighted by Gasteiger charge is -2.18. The zero-order valence-corrected chi connectivity index (χ0v) is 11.2. The van der Waals surface area contributed by atoms with Crippen molar-refractivity contribution in [3.05, 3.63) is 23.8 Å². The van der Waals surface area contributed by atoms with Crippen molar-refractivity contribution >= 4 is 23.4 Å². The average Bonchev–Trinajstić information content (AvgIpc) is 2.79. The second kappa shape index (κ2) is 5.63. The summed E-state index contributed by atoms with van der Waals surface area (Å²) < 4.78 is 42.1. The summed E-state index contributed by atoms with van der Waals surface area (Å²) in [6.45, 7) is 1.84. The number of rotatable bonds is 2. The number of nitrogens with one attached hydrogen (secondary N) is 1. The highest BCUT2D eigenvalue weighted by Gasteiger charge is 2.44. The molecule has 1 heterocycles. The number of nitrogens with zero attached hydrogens (tertiary/aromatic N) is 1. The number of halogens is 3. The van der Waals surface area contributed by atoms with Gasteiger partial charge in [0, 0.05) is 17.9 Å². The van der Waals surface area contributed by atoms with Gasteiger partial charge in [-0.3, -0.25) is 10.1 Å². The SMILES string of the molecule is CCOC(=O)Nc1ccc2c(c1)CCN2C(=O)C(F)(F)F. The molecule has 0 aromatic heterocycles. The van der Waals surface area contributed by atoms with E-state index in [0.29, 0.717) is 22.6 Å². The number of ether oxygens (including phenoxy) is 1. The number of fused-ring (bicyclic) bond motifs is 1. The summed E-state index contributed by atoms with van der Waals surface area (Å²) in [4.78, 5) is 23.3. The van der Waals surface area contributed by atoms with Crippen LogP contribution < -0.4 is 10.2 Å². The summed E-state index contributed by atoms with van der Waals surface area (Å²) in [6.07, 6.45) is -5.24. The van der Waals surface area contributed by atoms with Crippen molar-refractivity contribution in [1.29, 1.82) is 0 Å². The highest BCUT2D eigenvalue weighted by molar-refractivity contribution is 5.99. The molecule has 21 heavy (non-hydrogen) atoms. The van der Waals surface area contributed by atoms with E-state index in [1.54, 1.807) is 6.92 Å². The van der Waals surface area contributed by atoms with E-state index < -0.39 is 18.2 Å². The molecular formula is C13H13F3N2O3. The van der Waals surface area contributed by atoms with Crippen LogP contribution in [0.2, 0.25) is 0 Å². The molecule has 0 unspecified atom stereocenters. The molecule has 2 rings (SSSR count). The van der Waals surface area contributed by atoms with Crippen molar-refractivity contribution in [1.82, 2.24) is 0 Å². The molecule has 1 aromatic rings.